The summed E-state index contributed by atoms with van der Waals surface area (Å²) in [5.41, 5.74) is 1.47. The van der Waals surface area contributed by atoms with Crippen LogP contribution in [0.5, 0.6) is 0 Å². The molecule has 1 fully saturated rings. The third kappa shape index (κ3) is 3.17. The molecule has 0 atom stereocenters. The van der Waals surface area contributed by atoms with E-state index >= 15 is 0 Å². The van der Waals surface area contributed by atoms with Crippen LogP contribution in [-0.4, -0.2) is 25.0 Å². The smallest absolute Gasteiger partial charge is 0.321 e. The molecule has 0 aliphatic carbocycles. The van der Waals surface area contributed by atoms with Crippen molar-refractivity contribution < 1.29 is 14.0 Å². The van der Waals surface area contributed by atoms with Crippen molar-refractivity contribution in [1.82, 2.24) is 5.32 Å². The van der Waals surface area contributed by atoms with Gasteiger partial charge >= 0.3 is 6.03 Å². The highest BCUT2D eigenvalue weighted by Crippen LogP contribution is 2.19. The zero-order chi connectivity index (χ0) is 15.4. The Labute approximate surface area is 127 Å². The second kappa shape index (κ2) is 6.17. The molecule has 2 N–H and O–H groups in total. The summed E-state index contributed by atoms with van der Waals surface area (Å²) >= 11 is 0. The summed E-state index contributed by atoms with van der Waals surface area (Å²) in [7, 11) is 0. The molecular weight excluding hydrogens is 282 g/mol. The van der Waals surface area contributed by atoms with Gasteiger partial charge in [-0.15, -0.1) is 0 Å². The van der Waals surface area contributed by atoms with Crippen LogP contribution in [0.4, 0.5) is 16.2 Å². The van der Waals surface area contributed by atoms with Crippen molar-refractivity contribution in [3.05, 3.63) is 54.5 Å². The summed E-state index contributed by atoms with van der Waals surface area (Å²) in [4.78, 5) is 25.0. The number of nitrogens with one attached hydrogen (secondary N) is 2. The first-order valence-corrected chi connectivity index (χ1v) is 6.90. The minimum absolute atomic E-state index is 0.0989. The van der Waals surface area contributed by atoms with Gasteiger partial charge in [-0.3, -0.25) is 9.69 Å². The Morgan fingerprint density at radius 1 is 1.27 bits per heavy atom. The lowest BCUT2D eigenvalue weighted by Crippen LogP contribution is -2.27. The zero-order valence-corrected chi connectivity index (χ0v) is 11.8. The Bertz CT molecular complexity index is 690. The maximum absolute atomic E-state index is 11.8. The van der Waals surface area contributed by atoms with Crippen molar-refractivity contribution in [1.29, 1.82) is 0 Å². The minimum atomic E-state index is -0.247. The molecule has 1 aliphatic heterocycles. The molecule has 0 bridgehead atoms. The Hall–Kier alpha value is -3.02. The van der Waals surface area contributed by atoms with Crippen LogP contribution in [0.2, 0.25) is 0 Å². The monoisotopic (exact) mass is 297 g/mol. The van der Waals surface area contributed by atoms with Gasteiger partial charge in [0.1, 0.15) is 5.76 Å². The van der Waals surface area contributed by atoms with E-state index in [2.05, 4.69) is 10.6 Å². The van der Waals surface area contributed by atoms with E-state index < -0.39 is 0 Å². The number of anilines is 2. The van der Waals surface area contributed by atoms with E-state index in [4.69, 9.17) is 4.42 Å². The Kier molecular flexibility index (Phi) is 3.91. The van der Waals surface area contributed by atoms with E-state index in [-0.39, 0.29) is 11.9 Å². The molecule has 0 unspecified atom stereocenters. The number of hydrogen-bond acceptors (Lipinski definition) is 3. The van der Waals surface area contributed by atoms with Crippen molar-refractivity contribution in [2.45, 2.75) is 0 Å². The van der Waals surface area contributed by atoms with Crippen LogP contribution < -0.4 is 15.5 Å². The van der Waals surface area contributed by atoms with Crippen LogP contribution in [0, 0.1) is 0 Å². The predicted molar refractivity (Wildman–Crippen MR) is 83.6 cm³/mol. The van der Waals surface area contributed by atoms with Crippen LogP contribution in [0.3, 0.4) is 0 Å². The van der Waals surface area contributed by atoms with Crippen molar-refractivity contribution in [3.8, 4) is 0 Å². The zero-order valence-electron chi connectivity index (χ0n) is 11.8. The molecule has 3 amide bonds. The highest BCUT2D eigenvalue weighted by molar-refractivity contribution is 6.02. The topological polar surface area (TPSA) is 74.6 Å². The molecule has 6 heteroatoms. The molecule has 22 heavy (non-hydrogen) atoms. The third-order valence-corrected chi connectivity index (χ3v) is 3.25. The third-order valence-electron chi connectivity index (χ3n) is 3.25. The molecular formula is C16H15N3O3. The largest absolute Gasteiger partial charge is 0.465 e. The van der Waals surface area contributed by atoms with Gasteiger partial charge in [-0.1, -0.05) is 0 Å². The van der Waals surface area contributed by atoms with Crippen LogP contribution in [0.25, 0.3) is 6.08 Å². The first-order valence-electron chi connectivity index (χ1n) is 6.90. The SMILES string of the molecule is O=C(C=Cc1ccco1)Nc1ccc(N2CCNC2=O)cc1. The molecule has 112 valence electrons. The van der Waals surface area contributed by atoms with Crippen LogP contribution in [0.15, 0.2) is 53.2 Å². The summed E-state index contributed by atoms with van der Waals surface area (Å²) in [6.45, 7) is 1.30. The van der Waals surface area contributed by atoms with Crippen LogP contribution >= 0.6 is 0 Å². The van der Waals surface area contributed by atoms with Crippen molar-refractivity contribution >= 4 is 29.4 Å². The fourth-order valence-corrected chi connectivity index (χ4v) is 2.17. The molecule has 2 aromatic rings. The Morgan fingerprint density at radius 2 is 2.09 bits per heavy atom. The van der Waals surface area contributed by atoms with Gasteiger partial charge in [0.25, 0.3) is 0 Å². The van der Waals surface area contributed by atoms with Gasteiger partial charge in [-0.25, -0.2) is 4.79 Å². The number of carbonyl (C=O) groups excluding carboxylic acids is 2. The standard InChI is InChI=1S/C16H15N3O3/c20-15(8-7-14-2-1-11-22-14)18-12-3-5-13(6-4-12)19-10-9-17-16(19)21/h1-8,11H,9-10H2,(H,17,21)(H,18,20). The van der Waals surface area contributed by atoms with E-state index in [1.54, 1.807) is 53.6 Å². The van der Waals surface area contributed by atoms with Gasteiger partial charge in [0.05, 0.1) is 6.26 Å². The highest BCUT2D eigenvalue weighted by Gasteiger charge is 2.20. The van der Waals surface area contributed by atoms with Gasteiger partial charge in [-0.2, -0.15) is 0 Å². The second-order valence-corrected chi connectivity index (χ2v) is 4.77. The van der Waals surface area contributed by atoms with E-state index in [1.807, 2.05) is 0 Å². The molecule has 1 aromatic heterocycles. The number of amides is 3. The normalized spacial score (nSPS) is 14.4. The number of benzene rings is 1. The average Bonchev–Trinajstić information content (AvgIpc) is 3.17. The second-order valence-electron chi connectivity index (χ2n) is 4.77. The summed E-state index contributed by atoms with van der Waals surface area (Å²) in [5.74, 6) is 0.369. The maximum Gasteiger partial charge on any atom is 0.321 e. The first-order chi connectivity index (χ1) is 10.7. The predicted octanol–water partition coefficient (Wildman–Crippen LogP) is 2.46. The molecule has 0 spiro atoms. The van der Waals surface area contributed by atoms with Gasteiger partial charge in [0.2, 0.25) is 5.91 Å². The lowest BCUT2D eigenvalue weighted by molar-refractivity contribution is -0.111. The molecule has 1 saturated heterocycles. The number of urea groups is 1. The van der Waals surface area contributed by atoms with Crippen molar-refractivity contribution in [3.63, 3.8) is 0 Å². The van der Waals surface area contributed by atoms with E-state index in [1.165, 1.54) is 6.08 Å². The number of furan rings is 1. The molecule has 2 heterocycles. The van der Waals surface area contributed by atoms with E-state index in [0.29, 0.717) is 24.5 Å². The van der Waals surface area contributed by atoms with Gasteiger partial charge in [0.15, 0.2) is 0 Å². The van der Waals surface area contributed by atoms with Crippen LogP contribution in [-0.2, 0) is 4.79 Å². The number of carbonyl (C=O) groups is 2. The van der Waals surface area contributed by atoms with Crippen LogP contribution in [0.1, 0.15) is 5.76 Å². The molecule has 3 rings (SSSR count). The van der Waals surface area contributed by atoms with E-state index in [0.717, 1.165) is 5.69 Å². The fourth-order valence-electron chi connectivity index (χ4n) is 2.17. The van der Waals surface area contributed by atoms with Gasteiger partial charge < -0.3 is 15.1 Å². The maximum atomic E-state index is 11.8. The number of hydrogen-bond donors (Lipinski definition) is 2. The summed E-state index contributed by atoms with van der Waals surface area (Å²) < 4.78 is 5.11. The quantitative estimate of drug-likeness (QED) is 0.851. The molecule has 1 aliphatic rings. The van der Waals surface area contributed by atoms with Crippen molar-refractivity contribution in [2.24, 2.45) is 0 Å². The molecule has 0 saturated carbocycles. The molecule has 0 radical (unpaired) electrons. The van der Waals surface area contributed by atoms with Crippen molar-refractivity contribution in [2.75, 3.05) is 23.3 Å². The lowest BCUT2D eigenvalue weighted by Gasteiger charge is -2.14. The highest BCUT2D eigenvalue weighted by atomic mass is 16.3. The Morgan fingerprint density at radius 3 is 2.73 bits per heavy atom. The number of nitrogens with zero attached hydrogens (tertiary/aromatic N) is 1. The van der Waals surface area contributed by atoms with Gasteiger partial charge in [-0.05, 0) is 42.5 Å². The minimum Gasteiger partial charge on any atom is -0.465 e. The number of rotatable bonds is 4. The Balaban J connectivity index is 1.61. The summed E-state index contributed by atoms with van der Waals surface area (Å²) in [6, 6.07) is 10.6. The fraction of sp³-hybridized carbons (Fsp3) is 0.125. The lowest BCUT2D eigenvalue weighted by atomic mass is 10.2. The average molecular weight is 297 g/mol. The molecule has 1 aromatic carbocycles. The summed E-state index contributed by atoms with van der Waals surface area (Å²) in [5, 5.41) is 5.49. The summed E-state index contributed by atoms with van der Waals surface area (Å²) in [6.07, 6.45) is 4.55. The molecule has 6 nitrogen and oxygen atoms in total. The van der Waals surface area contributed by atoms with E-state index in [9.17, 15) is 9.59 Å². The first kappa shape index (κ1) is 13.9. The van der Waals surface area contributed by atoms with Gasteiger partial charge in [0, 0.05) is 30.5 Å².